The molecule has 1 aromatic carbocycles. The van der Waals surface area contributed by atoms with E-state index in [4.69, 9.17) is 0 Å². The van der Waals surface area contributed by atoms with Gasteiger partial charge in [-0.05, 0) is 49.4 Å². The van der Waals surface area contributed by atoms with Crippen LogP contribution in [0.2, 0.25) is 0 Å². The van der Waals surface area contributed by atoms with Crippen molar-refractivity contribution in [1.29, 1.82) is 0 Å². The molecule has 1 aliphatic heterocycles. The molecule has 1 aromatic heterocycles. The average molecular weight is 355 g/mol. The fourth-order valence-electron chi connectivity index (χ4n) is 3.28. The van der Waals surface area contributed by atoms with Gasteiger partial charge in [-0.15, -0.1) is 0 Å². The maximum atomic E-state index is 12.3. The van der Waals surface area contributed by atoms with E-state index in [1.807, 2.05) is 7.05 Å². The van der Waals surface area contributed by atoms with Crippen molar-refractivity contribution in [3.63, 3.8) is 0 Å². The number of aryl methyl sites for hydroxylation is 2. The summed E-state index contributed by atoms with van der Waals surface area (Å²) in [6.45, 7) is 6.36. The molecular weight excluding hydrogens is 326 g/mol. The molecule has 2 N–H and O–H groups in total. The van der Waals surface area contributed by atoms with Crippen LogP contribution in [0, 0.1) is 0 Å². The van der Waals surface area contributed by atoms with Gasteiger partial charge in [0, 0.05) is 19.4 Å². The fourth-order valence-corrected chi connectivity index (χ4v) is 3.28. The number of rotatable bonds is 6. The standard InChI is InChI=1S/C20H29N5O/c1-14(2)16-7-4-15(5-8-16)6-9-18(26)22-20-23-19(24-25(20)3)17-10-12-21-13-11-17/h4-5,7-8,14,17,21H,6,9-13H2,1-3H3,(H,22,23,24,26). The monoisotopic (exact) mass is 355 g/mol. The Hall–Kier alpha value is -2.21. The SMILES string of the molecule is CC(C)c1ccc(CCC(=O)Nc2nc(C3CCNCC3)nn2C)cc1. The Morgan fingerprint density at radius 3 is 2.62 bits per heavy atom. The van der Waals surface area contributed by atoms with Crippen molar-refractivity contribution < 1.29 is 4.79 Å². The van der Waals surface area contributed by atoms with Gasteiger partial charge >= 0.3 is 0 Å². The van der Waals surface area contributed by atoms with Gasteiger partial charge in [-0.25, -0.2) is 4.68 Å². The largest absolute Gasteiger partial charge is 0.317 e. The van der Waals surface area contributed by atoms with Crippen molar-refractivity contribution in [2.45, 2.75) is 51.4 Å². The van der Waals surface area contributed by atoms with E-state index in [-0.39, 0.29) is 5.91 Å². The number of benzene rings is 1. The summed E-state index contributed by atoms with van der Waals surface area (Å²) in [6, 6.07) is 8.51. The van der Waals surface area contributed by atoms with Crippen molar-refractivity contribution in [3.8, 4) is 0 Å². The maximum absolute atomic E-state index is 12.3. The molecule has 26 heavy (non-hydrogen) atoms. The van der Waals surface area contributed by atoms with Gasteiger partial charge in [0.1, 0.15) is 0 Å². The summed E-state index contributed by atoms with van der Waals surface area (Å²) in [5.74, 6) is 2.27. The van der Waals surface area contributed by atoms with Crippen LogP contribution in [-0.2, 0) is 18.3 Å². The number of carbonyl (C=O) groups is 1. The molecule has 6 nitrogen and oxygen atoms in total. The lowest BCUT2D eigenvalue weighted by atomic mass is 9.98. The van der Waals surface area contributed by atoms with E-state index in [9.17, 15) is 4.79 Å². The van der Waals surface area contributed by atoms with E-state index in [1.54, 1.807) is 4.68 Å². The Morgan fingerprint density at radius 1 is 1.27 bits per heavy atom. The quantitative estimate of drug-likeness (QED) is 0.836. The van der Waals surface area contributed by atoms with Crippen LogP contribution in [0.15, 0.2) is 24.3 Å². The first-order valence-corrected chi connectivity index (χ1v) is 9.53. The molecule has 6 heteroatoms. The summed E-state index contributed by atoms with van der Waals surface area (Å²) in [5.41, 5.74) is 2.50. The van der Waals surface area contributed by atoms with Crippen LogP contribution in [0.1, 0.15) is 61.9 Å². The molecule has 1 amide bonds. The van der Waals surface area contributed by atoms with Crippen LogP contribution < -0.4 is 10.6 Å². The summed E-state index contributed by atoms with van der Waals surface area (Å²) in [6.07, 6.45) is 3.26. The molecule has 0 bridgehead atoms. The molecule has 1 saturated heterocycles. The first-order chi connectivity index (χ1) is 12.5. The van der Waals surface area contributed by atoms with Crippen molar-refractivity contribution in [1.82, 2.24) is 20.1 Å². The Balaban J connectivity index is 1.53. The minimum Gasteiger partial charge on any atom is -0.317 e. The van der Waals surface area contributed by atoms with Crippen LogP contribution in [0.5, 0.6) is 0 Å². The molecule has 0 saturated carbocycles. The Labute approximate surface area is 155 Å². The van der Waals surface area contributed by atoms with Gasteiger partial charge in [0.05, 0.1) is 0 Å². The van der Waals surface area contributed by atoms with Gasteiger partial charge < -0.3 is 5.32 Å². The number of hydrogen-bond acceptors (Lipinski definition) is 4. The highest BCUT2D eigenvalue weighted by Gasteiger charge is 2.21. The average Bonchev–Trinajstić information content (AvgIpc) is 3.01. The van der Waals surface area contributed by atoms with E-state index >= 15 is 0 Å². The molecule has 0 atom stereocenters. The van der Waals surface area contributed by atoms with Crippen molar-refractivity contribution in [3.05, 3.63) is 41.2 Å². The lowest BCUT2D eigenvalue weighted by Gasteiger charge is -2.19. The molecule has 3 rings (SSSR count). The summed E-state index contributed by atoms with van der Waals surface area (Å²) in [7, 11) is 1.83. The van der Waals surface area contributed by atoms with Crippen molar-refractivity contribution in [2.24, 2.45) is 7.05 Å². The van der Waals surface area contributed by atoms with E-state index in [0.717, 1.165) is 38.2 Å². The third-order valence-electron chi connectivity index (χ3n) is 5.02. The number of nitrogens with one attached hydrogen (secondary N) is 2. The van der Waals surface area contributed by atoms with Gasteiger partial charge in [-0.3, -0.25) is 10.1 Å². The Morgan fingerprint density at radius 2 is 1.96 bits per heavy atom. The van der Waals surface area contributed by atoms with E-state index in [1.165, 1.54) is 11.1 Å². The van der Waals surface area contributed by atoms with Crippen LogP contribution in [-0.4, -0.2) is 33.8 Å². The van der Waals surface area contributed by atoms with Crippen molar-refractivity contribution >= 4 is 11.9 Å². The predicted molar refractivity (Wildman–Crippen MR) is 103 cm³/mol. The second-order valence-electron chi connectivity index (χ2n) is 7.39. The van der Waals surface area contributed by atoms with Gasteiger partial charge in [0.15, 0.2) is 5.82 Å². The second-order valence-corrected chi connectivity index (χ2v) is 7.39. The molecule has 2 heterocycles. The first-order valence-electron chi connectivity index (χ1n) is 9.53. The summed E-state index contributed by atoms with van der Waals surface area (Å²) in [5, 5.41) is 10.7. The number of piperidine rings is 1. The molecule has 1 fully saturated rings. The van der Waals surface area contributed by atoms with Crippen LogP contribution in [0.4, 0.5) is 5.95 Å². The molecule has 0 radical (unpaired) electrons. The Kier molecular flexibility index (Phi) is 6.04. The van der Waals surface area contributed by atoms with E-state index in [0.29, 0.717) is 24.2 Å². The Bertz CT molecular complexity index is 729. The van der Waals surface area contributed by atoms with Crippen molar-refractivity contribution in [2.75, 3.05) is 18.4 Å². The number of carbonyl (C=O) groups excluding carboxylic acids is 1. The topological polar surface area (TPSA) is 71.8 Å². The van der Waals surface area contributed by atoms with Crippen LogP contribution in [0.3, 0.4) is 0 Å². The summed E-state index contributed by atoms with van der Waals surface area (Å²) in [4.78, 5) is 16.8. The lowest BCUT2D eigenvalue weighted by Crippen LogP contribution is -2.27. The van der Waals surface area contributed by atoms with E-state index in [2.05, 4.69) is 58.8 Å². The number of anilines is 1. The number of amides is 1. The minimum absolute atomic E-state index is 0.0229. The van der Waals surface area contributed by atoms with Gasteiger partial charge in [-0.2, -0.15) is 10.1 Å². The molecular formula is C20H29N5O. The highest BCUT2D eigenvalue weighted by Crippen LogP contribution is 2.23. The highest BCUT2D eigenvalue weighted by atomic mass is 16.1. The zero-order valence-corrected chi connectivity index (χ0v) is 16.0. The zero-order chi connectivity index (χ0) is 18.5. The predicted octanol–water partition coefficient (Wildman–Crippen LogP) is 2.98. The molecule has 1 aliphatic rings. The first kappa shape index (κ1) is 18.6. The summed E-state index contributed by atoms with van der Waals surface area (Å²) >= 11 is 0. The van der Waals surface area contributed by atoms with Gasteiger partial charge in [-0.1, -0.05) is 38.1 Å². The third-order valence-corrected chi connectivity index (χ3v) is 5.02. The molecule has 140 valence electrons. The van der Waals surface area contributed by atoms with Gasteiger partial charge in [0.2, 0.25) is 11.9 Å². The molecule has 0 unspecified atom stereocenters. The summed E-state index contributed by atoms with van der Waals surface area (Å²) < 4.78 is 1.67. The minimum atomic E-state index is -0.0229. The van der Waals surface area contributed by atoms with Crippen LogP contribution >= 0.6 is 0 Å². The highest BCUT2D eigenvalue weighted by molar-refractivity contribution is 5.89. The smallest absolute Gasteiger partial charge is 0.227 e. The molecule has 2 aromatic rings. The third kappa shape index (κ3) is 4.69. The number of aromatic nitrogens is 3. The molecule has 0 spiro atoms. The normalized spacial score (nSPS) is 15.4. The maximum Gasteiger partial charge on any atom is 0.227 e. The van der Waals surface area contributed by atoms with E-state index < -0.39 is 0 Å². The second kappa shape index (κ2) is 8.45. The molecule has 0 aliphatic carbocycles. The van der Waals surface area contributed by atoms with Crippen LogP contribution in [0.25, 0.3) is 0 Å². The lowest BCUT2D eigenvalue weighted by molar-refractivity contribution is -0.116. The number of nitrogens with zero attached hydrogens (tertiary/aromatic N) is 3. The van der Waals surface area contributed by atoms with Gasteiger partial charge in [0.25, 0.3) is 0 Å². The number of hydrogen-bond donors (Lipinski definition) is 2. The fraction of sp³-hybridized carbons (Fsp3) is 0.550. The zero-order valence-electron chi connectivity index (χ0n) is 16.0.